The van der Waals surface area contributed by atoms with Gasteiger partial charge in [-0.1, -0.05) is 13.8 Å². The number of carboxylic acid groups (broad SMARTS) is 1. The van der Waals surface area contributed by atoms with Crippen molar-refractivity contribution >= 4 is 11.9 Å². The van der Waals surface area contributed by atoms with Crippen molar-refractivity contribution in [1.29, 1.82) is 0 Å². The number of hydrogen-bond acceptors (Lipinski definition) is 2. The van der Waals surface area contributed by atoms with Crippen molar-refractivity contribution in [3.05, 3.63) is 0 Å². The molecule has 0 aromatic rings. The molecule has 0 aromatic carbocycles. The minimum Gasteiger partial charge on any atom is -0.481 e. The molecular weight excluding hydrogens is 206 g/mol. The van der Waals surface area contributed by atoms with E-state index in [4.69, 9.17) is 5.11 Å². The highest BCUT2D eigenvalue weighted by Crippen LogP contribution is 2.35. The second kappa shape index (κ2) is 5.32. The van der Waals surface area contributed by atoms with Crippen LogP contribution in [0.25, 0.3) is 0 Å². The van der Waals surface area contributed by atoms with Crippen LogP contribution < -0.4 is 5.32 Å². The number of carbonyl (C=O) groups is 2. The largest absolute Gasteiger partial charge is 0.481 e. The quantitative estimate of drug-likeness (QED) is 0.728. The van der Waals surface area contributed by atoms with Gasteiger partial charge in [0.15, 0.2) is 0 Å². The summed E-state index contributed by atoms with van der Waals surface area (Å²) in [5, 5.41) is 11.7. The Morgan fingerprint density at radius 3 is 2.38 bits per heavy atom. The van der Waals surface area contributed by atoms with E-state index in [1.165, 1.54) is 0 Å². The van der Waals surface area contributed by atoms with Gasteiger partial charge in [-0.25, -0.2) is 0 Å². The summed E-state index contributed by atoms with van der Waals surface area (Å²) in [5.41, 5.74) is -0.445. The van der Waals surface area contributed by atoms with E-state index in [0.717, 1.165) is 25.7 Å². The van der Waals surface area contributed by atoms with Crippen molar-refractivity contribution in [2.75, 3.05) is 0 Å². The predicted molar refractivity (Wildman–Crippen MR) is 61.0 cm³/mol. The van der Waals surface area contributed by atoms with Gasteiger partial charge in [-0.2, -0.15) is 0 Å². The Bertz CT molecular complexity index is 269. The van der Waals surface area contributed by atoms with Crippen LogP contribution in [-0.2, 0) is 9.59 Å². The van der Waals surface area contributed by atoms with E-state index in [-0.39, 0.29) is 12.3 Å². The SMILES string of the molecule is CC(C)CCC(=O)NC1(CC(=O)O)CCC1. The molecule has 0 aromatic heterocycles. The summed E-state index contributed by atoms with van der Waals surface area (Å²) in [4.78, 5) is 22.3. The van der Waals surface area contributed by atoms with Gasteiger partial charge in [0, 0.05) is 6.42 Å². The highest BCUT2D eigenvalue weighted by molar-refractivity contribution is 5.78. The summed E-state index contributed by atoms with van der Waals surface area (Å²) in [7, 11) is 0. The van der Waals surface area contributed by atoms with Gasteiger partial charge in [0.25, 0.3) is 0 Å². The van der Waals surface area contributed by atoms with Crippen molar-refractivity contribution in [2.24, 2.45) is 5.92 Å². The van der Waals surface area contributed by atoms with Gasteiger partial charge in [-0.05, 0) is 31.6 Å². The monoisotopic (exact) mass is 227 g/mol. The van der Waals surface area contributed by atoms with Crippen molar-refractivity contribution in [3.8, 4) is 0 Å². The Labute approximate surface area is 96.4 Å². The maximum Gasteiger partial charge on any atom is 0.305 e. The van der Waals surface area contributed by atoms with Crippen LogP contribution >= 0.6 is 0 Å². The van der Waals surface area contributed by atoms with E-state index >= 15 is 0 Å². The lowest BCUT2D eigenvalue weighted by Gasteiger charge is -2.41. The van der Waals surface area contributed by atoms with Gasteiger partial charge >= 0.3 is 5.97 Å². The van der Waals surface area contributed by atoms with E-state index in [0.29, 0.717) is 12.3 Å². The zero-order chi connectivity index (χ0) is 12.2. The molecule has 2 N–H and O–H groups in total. The molecule has 4 heteroatoms. The number of amides is 1. The van der Waals surface area contributed by atoms with Crippen LogP contribution in [0.2, 0.25) is 0 Å². The molecule has 0 bridgehead atoms. The fourth-order valence-electron chi connectivity index (χ4n) is 2.02. The number of aliphatic carboxylic acids is 1. The molecule has 16 heavy (non-hydrogen) atoms. The summed E-state index contributed by atoms with van der Waals surface area (Å²) in [6.07, 6.45) is 4.02. The summed E-state index contributed by atoms with van der Waals surface area (Å²) in [6.45, 7) is 4.15. The highest BCUT2D eigenvalue weighted by atomic mass is 16.4. The number of rotatable bonds is 6. The highest BCUT2D eigenvalue weighted by Gasteiger charge is 2.40. The molecule has 1 rings (SSSR count). The summed E-state index contributed by atoms with van der Waals surface area (Å²) >= 11 is 0. The number of nitrogens with one attached hydrogen (secondary N) is 1. The molecule has 1 fully saturated rings. The van der Waals surface area contributed by atoms with Gasteiger partial charge in [-0.3, -0.25) is 9.59 Å². The molecule has 0 radical (unpaired) electrons. The maximum atomic E-state index is 11.6. The Morgan fingerprint density at radius 1 is 1.38 bits per heavy atom. The fourth-order valence-corrected chi connectivity index (χ4v) is 2.02. The van der Waals surface area contributed by atoms with E-state index in [1.807, 2.05) is 0 Å². The molecule has 1 amide bonds. The molecular formula is C12H21NO3. The molecule has 4 nitrogen and oxygen atoms in total. The zero-order valence-electron chi connectivity index (χ0n) is 10.1. The first-order chi connectivity index (χ1) is 7.43. The van der Waals surface area contributed by atoms with Crippen LogP contribution in [-0.4, -0.2) is 22.5 Å². The standard InChI is InChI=1S/C12H21NO3/c1-9(2)4-5-10(14)13-12(6-3-7-12)8-11(15)16/h9H,3-8H2,1-2H3,(H,13,14)(H,15,16). The summed E-state index contributed by atoms with van der Waals surface area (Å²) < 4.78 is 0. The van der Waals surface area contributed by atoms with Crippen LogP contribution in [0.15, 0.2) is 0 Å². The van der Waals surface area contributed by atoms with Crippen LogP contribution in [0, 0.1) is 5.92 Å². The molecule has 0 spiro atoms. The Hall–Kier alpha value is -1.06. The second-order valence-electron chi connectivity index (χ2n) is 5.19. The lowest BCUT2D eigenvalue weighted by Crippen LogP contribution is -2.54. The zero-order valence-corrected chi connectivity index (χ0v) is 10.1. The Morgan fingerprint density at radius 2 is 2.00 bits per heavy atom. The molecule has 0 saturated heterocycles. The van der Waals surface area contributed by atoms with Gasteiger partial charge in [0.1, 0.15) is 0 Å². The summed E-state index contributed by atoms with van der Waals surface area (Å²) in [5.74, 6) is -0.332. The molecule has 1 aliphatic carbocycles. The first-order valence-electron chi connectivity index (χ1n) is 5.96. The van der Waals surface area contributed by atoms with E-state index in [9.17, 15) is 9.59 Å². The lowest BCUT2D eigenvalue weighted by molar-refractivity contribution is -0.140. The van der Waals surface area contributed by atoms with E-state index in [1.54, 1.807) is 0 Å². The number of hydrogen-bond donors (Lipinski definition) is 2. The second-order valence-corrected chi connectivity index (χ2v) is 5.19. The van der Waals surface area contributed by atoms with Gasteiger partial charge in [0.05, 0.1) is 12.0 Å². The van der Waals surface area contributed by atoms with E-state index < -0.39 is 11.5 Å². The third-order valence-corrected chi connectivity index (χ3v) is 3.15. The first kappa shape index (κ1) is 13.0. The third kappa shape index (κ3) is 3.83. The van der Waals surface area contributed by atoms with Crippen molar-refractivity contribution in [3.63, 3.8) is 0 Å². The molecule has 0 aliphatic heterocycles. The third-order valence-electron chi connectivity index (χ3n) is 3.15. The van der Waals surface area contributed by atoms with Crippen LogP contribution in [0.3, 0.4) is 0 Å². The molecule has 0 heterocycles. The van der Waals surface area contributed by atoms with Gasteiger partial charge in [0.2, 0.25) is 5.91 Å². The van der Waals surface area contributed by atoms with Gasteiger partial charge in [-0.15, -0.1) is 0 Å². The van der Waals surface area contributed by atoms with E-state index in [2.05, 4.69) is 19.2 Å². The lowest BCUT2D eigenvalue weighted by atomic mass is 9.74. The van der Waals surface area contributed by atoms with Crippen molar-refractivity contribution in [2.45, 2.75) is 57.9 Å². The smallest absolute Gasteiger partial charge is 0.305 e. The molecule has 1 saturated carbocycles. The molecule has 0 atom stereocenters. The van der Waals surface area contributed by atoms with Crippen LogP contribution in [0.4, 0.5) is 0 Å². The van der Waals surface area contributed by atoms with Crippen LogP contribution in [0.5, 0.6) is 0 Å². The molecule has 0 unspecified atom stereocenters. The Kier molecular flexibility index (Phi) is 4.33. The molecule has 92 valence electrons. The van der Waals surface area contributed by atoms with Gasteiger partial charge < -0.3 is 10.4 Å². The topological polar surface area (TPSA) is 66.4 Å². The first-order valence-corrected chi connectivity index (χ1v) is 5.96. The number of carboxylic acids is 1. The maximum absolute atomic E-state index is 11.6. The summed E-state index contributed by atoms with van der Waals surface area (Å²) in [6, 6.07) is 0. The van der Waals surface area contributed by atoms with Crippen molar-refractivity contribution in [1.82, 2.24) is 5.32 Å². The average Bonchev–Trinajstić information content (AvgIpc) is 2.10. The minimum atomic E-state index is -0.830. The normalized spacial score (nSPS) is 17.9. The number of carbonyl (C=O) groups excluding carboxylic acids is 1. The predicted octanol–water partition coefficient (Wildman–Crippen LogP) is 1.94. The average molecular weight is 227 g/mol. The molecule has 1 aliphatic rings. The Balaban J connectivity index is 2.38. The van der Waals surface area contributed by atoms with Crippen molar-refractivity contribution < 1.29 is 14.7 Å². The minimum absolute atomic E-state index is 0.00495. The fraction of sp³-hybridized carbons (Fsp3) is 0.833. The van der Waals surface area contributed by atoms with Crippen LogP contribution in [0.1, 0.15) is 52.4 Å².